The molecule has 7 nitrogen and oxygen atoms in total. The topological polar surface area (TPSA) is 114 Å². The third-order valence-electron chi connectivity index (χ3n) is 2.77. The number of nitrogens with two attached hydrogens (primary N) is 1. The lowest BCUT2D eigenvalue weighted by Gasteiger charge is -2.10. The monoisotopic (exact) mass is 307 g/mol. The summed E-state index contributed by atoms with van der Waals surface area (Å²) in [5.41, 5.74) is 8.68. The van der Waals surface area contributed by atoms with Gasteiger partial charge in [0.05, 0.1) is 5.56 Å². The minimum atomic E-state index is -0.743. The van der Waals surface area contributed by atoms with Gasteiger partial charge in [-0.2, -0.15) is 5.48 Å². The van der Waals surface area contributed by atoms with Crippen LogP contribution in [-0.4, -0.2) is 30.4 Å². The van der Waals surface area contributed by atoms with Gasteiger partial charge in [0, 0.05) is 13.5 Å². The van der Waals surface area contributed by atoms with Crippen LogP contribution in [0, 0.1) is 5.41 Å². The first-order valence-corrected chi connectivity index (χ1v) is 7.02. The first-order valence-electron chi connectivity index (χ1n) is 7.02. The van der Waals surface area contributed by atoms with Crippen molar-refractivity contribution < 1.29 is 19.2 Å². The van der Waals surface area contributed by atoms with Gasteiger partial charge in [-0.05, 0) is 31.4 Å². The molecule has 1 aromatic rings. The highest BCUT2D eigenvalue weighted by molar-refractivity contribution is 5.89. The van der Waals surface area contributed by atoms with Gasteiger partial charge in [0.15, 0.2) is 5.90 Å². The van der Waals surface area contributed by atoms with Crippen molar-refractivity contribution in [2.45, 2.75) is 32.2 Å². The highest BCUT2D eigenvalue weighted by Crippen LogP contribution is 2.02. The number of esters is 1. The maximum atomic E-state index is 11.6. The second-order valence-corrected chi connectivity index (χ2v) is 4.73. The van der Waals surface area contributed by atoms with E-state index in [1.54, 1.807) is 24.3 Å². The van der Waals surface area contributed by atoms with E-state index in [4.69, 9.17) is 16.0 Å². The molecule has 0 amide bonds. The van der Waals surface area contributed by atoms with Crippen molar-refractivity contribution >= 4 is 17.8 Å². The predicted octanol–water partition coefficient (Wildman–Crippen LogP) is 1.39. The molecule has 0 bridgehead atoms. The normalized spacial score (nSPS) is 11.5. The van der Waals surface area contributed by atoms with Crippen LogP contribution in [0.15, 0.2) is 30.3 Å². The summed E-state index contributed by atoms with van der Waals surface area (Å²) in [6, 6.07) is 7.92. The van der Waals surface area contributed by atoms with Crippen molar-refractivity contribution in [2.24, 2.45) is 5.73 Å². The third kappa shape index (κ3) is 6.96. The van der Waals surface area contributed by atoms with E-state index >= 15 is 0 Å². The van der Waals surface area contributed by atoms with Crippen LogP contribution in [0.4, 0.5) is 0 Å². The quantitative estimate of drug-likeness (QED) is 0.220. The summed E-state index contributed by atoms with van der Waals surface area (Å²) in [6.45, 7) is 1.83. The molecule has 0 spiro atoms. The number of rotatable bonds is 8. The van der Waals surface area contributed by atoms with Crippen molar-refractivity contribution in [3.05, 3.63) is 35.9 Å². The Labute approximate surface area is 129 Å². The lowest BCUT2D eigenvalue weighted by atomic mass is 10.1. The van der Waals surface area contributed by atoms with Gasteiger partial charge < -0.3 is 15.3 Å². The van der Waals surface area contributed by atoms with Gasteiger partial charge >= 0.3 is 11.9 Å². The molecule has 22 heavy (non-hydrogen) atoms. The molecule has 0 aliphatic heterocycles. The first-order chi connectivity index (χ1) is 10.5. The summed E-state index contributed by atoms with van der Waals surface area (Å²) in [4.78, 5) is 27.8. The largest absolute Gasteiger partial charge is 0.411 e. The van der Waals surface area contributed by atoms with Crippen LogP contribution in [-0.2, 0) is 14.4 Å². The Morgan fingerprint density at radius 2 is 1.95 bits per heavy atom. The zero-order valence-corrected chi connectivity index (χ0v) is 12.5. The standard InChI is InChI=1S/C15H21N3O4/c1-11(16)21-15(20)13(17)9-5-6-10-18-22-14(19)12-7-3-2-4-8-12/h2-4,7-8,13,16,18H,5-6,9-10,17H2,1H3/t13-/m0/s1. The number of carbonyl (C=O) groups excluding carboxylic acids is 2. The van der Waals surface area contributed by atoms with Gasteiger partial charge in [-0.3, -0.25) is 5.41 Å². The summed E-state index contributed by atoms with van der Waals surface area (Å²) in [7, 11) is 0. The molecule has 7 heteroatoms. The first kappa shape index (κ1) is 17.8. The van der Waals surface area contributed by atoms with Crippen molar-refractivity contribution in [3.8, 4) is 0 Å². The summed E-state index contributed by atoms with van der Waals surface area (Å²) in [5.74, 6) is -1.21. The van der Waals surface area contributed by atoms with Crippen LogP contribution in [0.1, 0.15) is 36.5 Å². The summed E-state index contributed by atoms with van der Waals surface area (Å²) in [6.07, 6.45) is 1.80. The highest BCUT2D eigenvalue weighted by atomic mass is 16.7. The molecule has 0 saturated heterocycles. The number of hydroxylamine groups is 1. The molecule has 0 saturated carbocycles. The molecule has 0 aromatic heterocycles. The fourth-order valence-electron chi connectivity index (χ4n) is 1.66. The van der Waals surface area contributed by atoms with E-state index in [0.29, 0.717) is 31.4 Å². The molecule has 0 radical (unpaired) electrons. The van der Waals surface area contributed by atoms with E-state index in [9.17, 15) is 9.59 Å². The van der Waals surface area contributed by atoms with E-state index in [2.05, 4.69) is 10.2 Å². The van der Waals surface area contributed by atoms with E-state index in [1.807, 2.05) is 6.07 Å². The second kappa shape index (κ2) is 9.64. The van der Waals surface area contributed by atoms with E-state index < -0.39 is 18.0 Å². The fourth-order valence-corrected chi connectivity index (χ4v) is 1.66. The Morgan fingerprint density at radius 1 is 1.27 bits per heavy atom. The van der Waals surface area contributed by atoms with Crippen molar-refractivity contribution in [3.63, 3.8) is 0 Å². The van der Waals surface area contributed by atoms with Gasteiger partial charge in [0.1, 0.15) is 6.04 Å². The van der Waals surface area contributed by atoms with Gasteiger partial charge in [-0.1, -0.05) is 18.2 Å². The average Bonchev–Trinajstić information content (AvgIpc) is 2.50. The number of ether oxygens (including phenoxy) is 1. The zero-order chi connectivity index (χ0) is 16.4. The molecule has 1 rings (SSSR count). The van der Waals surface area contributed by atoms with Gasteiger partial charge in [0.2, 0.25) is 0 Å². The highest BCUT2D eigenvalue weighted by Gasteiger charge is 2.15. The lowest BCUT2D eigenvalue weighted by Crippen LogP contribution is -2.33. The van der Waals surface area contributed by atoms with Gasteiger partial charge in [0.25, 0.3) is 0 Å². The number of benzene rings is 1. The Morgan fingerprint density at radius 3 is 2.59 bits per heavy atom. The molecule has 0 aliphatic rings. The Hall–Kier alpha value is -2.25. The molecule has 0 fully saturated rings. The third-order valence-corrected chi connectivity index (χ3v) is 2.77. The fraction of sp³-hybridized carbons (Fsp3) is 0.400. The van der Waals surface area contributed by atoms with Crippen LogP contribution in [0.2, 0.25) is 0 Å². The minimum absolute atomic E-state index is 0.171. The average molecular weight is 307 g/mol. The maximum Gasteiger partial charge on any atom is 0.356 e. The van der Waals surface area contributed by atoms with Crippen molar-refractivity contribution in [1.82, 2.24) is 5.48 Å². The molecule has 0 aliphatic carbocycles. The van der Waals surface area contributed by atoms with Crippen LogP contribution in [0.3, 0.4) is 0 Å². The summed E-state index contributed by atoms with van der Waals surface area (Å²) < 4.78 is 4.61. The Balaban J connectivity index is 2.10. The molecule has 0 unspecified atom stereocenters. The van der Waals surface area contributed by atoms with Crippen LogP contribution >= 0.6 is 0 Å². The Bertz CT molecular complexity index is 505. The summed E-state index contributed by atoms with van der Waals surface area (Å²) in [5, 5.41) is 7.04. The number of carbonyl (C=O) groups is 2. The molecule has 4 N–H and O–H groups in total. The predicted molar refractivity (Wildman–Crippen MR) is 81.2 cm³/mol. The molecular formula is C15H21N3O4. The maximum absolute atomic E-state index is 11.6. The van der Waals surface area contributed by atoms with Crippen LogP contribution < -0.4 is 11.2 Å². The minimum Gasteiger partial charge on any atom is -0.411 e. The van der Waals surface area contributed by atoms with E-state index in [0.717, 1.165) is 0 Å². The SMILES string of the molecule is CC(=N)OC(=O)[C@@H](N)CCCCNOC(=O)c1ccccc1. The van der Waals surface area contributed by atoms with Crippen LogP contribution in [0.5, 0.6) is 0 Å². The number of hydrogen-bond donors (Lipinski definition) is 3. The van der Waals surface area contributed by atoms with Gasteiger partial charge in [-0.25, -0.2) is 9.59 Å². The lowest BCUT2D eigenvalue weighted by molar-refractivity contribution is -0.137. The number of nitrogens with one attached hydrogen (secondary N) is 2. The van der Waals surface area contributed by atoms with E-state index in [-0.39, 0.29) is 5.90 Å². The number of hydrogen-bond acceptors (Lipinski definition) is 7. The number of unbranched alkanes of at least 4 members (excludes halogenated alkanes) is 1. The molecule has 0 heterocycles. The zero-order valence-electron chi connectivity index (χ0n) is 12.5. The van der Waals surface area contributed by atoms with Crippen molar-refractivity contribution in [1.29, 1.82) is 5.41 Å². The molecule has 120 valence electrons. The van der Waals surface area contributed by atoms with Gasteiger partial charge in [-0.15, -0.1) is 0 Å². The van der Waals surface area contributed by atoms with E-state index in [1.165, 1.54) is 6.92 Å². The second-order valence-electron chi connectivity index (χ2n) is 4.73. The van der Waals surface area contributed by atoms with Crippen LogP contribution in [0.25, 0.3) is 0 Å². The molecule has 1 aromatic carbocycles. The summed E-state index contributed by atoms with van der Waals surface area (Å²) >= 11 is 0. The Kier molecular flexibility index (Phi) is 7.80. The smallest absolute Gasteiger partial charge is 0.356 e. The van der Waals surface area contributed by atoms with Crippen molar-refractivity contribution in [2.75, 3.05) is 6.54 Å². The molecular weight excluding hydrogens is 286 g/mol. The molecule has 1 atom stereocenters.